The molecule has 0 radical (unpaired) electrons. The molecule has 0 saturated carbocycles. The zero-order valence-corrected chi connectivity index (χ0v) is 12.0. The molecule has 2 N–H and O–H groups in total. The fourth-order valence-electron chi connectivity index (χ4n) is 2.55. The molecule has 1 aromatic heterocycles. The highest BCUT2D eigenvalue weighted by molar-refractivity contribution is 9.10. The Kier molecular flexibility index (Phi) is 3.66. The molecule has 5 heteroatoms. The number of aromatic nitrogens is 2. The van der Waals surface area contributed by atoms with E-state index in [2.05, 4.69) is 31.4 Å². The first kappa shape index (κ1) is 12.8. The van der Waals surface area contributed by atoms with E-state index in [4.69, 9.17) is 0 Å². The smallest absolute Gasteiger partial charge is 0.132 e. The third kappa shape index (κ3) is 2.44. The van der Waals surface area contributed by atoms with Crippen molar-refractivity contribution in [2.45, 2.75) is 18.8 Å². The first-order valence-electron chi connectivity index (χ1n) is 6.46. The van der Waals surface area contributed by atoms with Gasteiger partial charge < -0.3 is 5.32 Å². The minimum atomic E-state index is -0.244. The summed E-state index contributed by atoms with van der Waals surface area (Å²) in [5.41, 5.74) is 2.28. The van der Waals surface area contributed by atoms with E-state index in [0.717, 1.165) is 36.1 Å². The largest absolute Gasteiger partial charge is 0.317 e. The Labute approximate surface area is 119 Å². The van der Waals surface area contributed by atoms with Crippen molar-refractivity contribution < 1.29 is 4.39 Å². The summed E-state index contributed by atoms with van der Waals surface area (Å²) in [6.45, 7) is 2.04. The Morgan fingerprint density at radius 3 is 2.68 bits per heavy atom. The molecule has 0 aliphatic carbocycles. The molecule has 1 aliphatic heterocycles. The van der Waals surface area contributed by atoms with E-state index < -0.39 is 0 Å². The Balaban J connectivity index is 1.97. The van der Waals surface area contributed by atoms with Crippen LogP contribution in [0.5, 0.6) is 0 Å². The number of nitrogens with zero attached hydrogens (tertiary/aromatic N) is 1. The molecule has 1 aliphatic rings. The van der Waals surface area contributed by atoms with Crippen LogP contribution in [-0.4, -0.2) is 23.3 Å². The van der Waals surface area contributed by atoms with Crippen LogP contribution in [0, 0.1) is 5.82 Å². The average Bonchev–Trinajstić information content (AvgIpc) is 2.82. The summed E-state index contributed by atoms with van der Waals surface area (Å²) >= 11 is 3.58. The summed E-state index contributed by atoms with van der Waals surface area (Å²) in [6.07, 6.45) is 2.16. The quantitative estimate of drug-likeness (QED) is 0.888. The summed E-state index contributed by atoms with van der Waals surface area (Å²) in [5.74, 6) is 0.218. The number of H-pyrrole nitrogens is 1. The topological polar surface area (TPSA) is 40.7 Å². The van der Waals surface area contributed by atoms with E-state index in [0.29, 0.717) is 17.2 Å². The molecule has 3 nitrogen and oxygen atoms in total. The molecule has 2 aromatic rings. The van der Waals surface area contributed by atoms with Gasteiger partial charge in [-0.3, -0.25) is 5.10 Å². The minimum absolute atomic E-state index is 0.244. The van der Waals surface area contributed by atoms with Crippen LogP contribution >= 0.6 is 15.9 Å². The predicted octanol–water partition coefficient (Wildman–Crippen LogP) is 3.45. The van der Waals surface area contributed by atoms with Crippen molar-refractivity contribution >= 4 is 15.9 Å². The van der Waals surface area contributed by atoms with E-state index >= 15 is 0 Å². The van der Waals surface area contributed by atoms with E-state index in [1.807, 2.05) is 6.07 Å². The predicted molar refractivity (Wildman–Crippen MR) is 76.5 cm³/mol. The molecule has 1 fully saturated rings. The highest BCUT2D eigenvalue weighted by atomic mass is 79.9. The van der Waals surface area contributed by atoms with Crippen LogP contribution in [0.15, 0.2) is 28.7 Å². The molecular weight excluding hydrogens is 309 g/mol. The molecule has 3 rings (SSSR count). The van der Waals surface area contributed by atoms with Crippen molar-refractivity contribution in [2.75, 3.05) is 13.1 Å². The van der Waals surface area contributed by atoms with Crippen LogP contribution < -0.4 is 5.32 Å². The van der Waals surface area contributed by atoms with Gasteiger partial charge in [0, 0.05) is 11.5 Å². The molecule has 0 amide bonds. The van der Waals surface area contributed by atoms with Crippen LogP contribution in [0.3, 0.4) is 0 Å². The minimum Gasteiger partial charge on any atom is -0.317 e. The van der Waals surface area contributed by atoms with Crippen molar-refractivity contribution in [3.63, 3.8) is 0 Å². The van der Waals surface area contributed by atoms with E-state index in [-0.39, 0.29) is 5.82 Å². The normalized spacial score (nSPS) is 16.7. The zero-order valence-electron chi connectivity index (χ0n) is 10.4. The fourth-order valence-corrected chi connectivity index (χ4v) is 3.27. The van der Waals surface area contributed by atoms with Crippen molar-refractivity contribution in [3.8, 4) is 11.3 Å². The lowest BCUT2D eigenvalue weighted by molar-refractivity contribution is 0.452. The maximum absolute atomic E-state index is 13.8. The van der Waals surface area contributed by atoms with Gasteiger partial charge in [-0.1, -0.05) is 12.1 Å². The summed E-state index contributed by atoms with van der Waals surface area (Å²) in [7, 11) is 0. The second-order valence-electron chi connectivity index (χ2n) is 4.80. The first-order chi connectivity index (χ1) is 9.27. The summed E-state index contributed by atoms with van der Waals surface area (Å²) in [4.78, 5) is 0. The SMILES string of the molecule is Fc1ccccc1-c1n[nH]c(C2CCNCC2)c1Br. The molecule has 0 bridgehead atoms. The third-order valence-corrected chi connectivity index (χ3v) is 4.41. The number of halogens is 2. The molecule has 2 heterocycles. The van der Waals surface area contributed by atoms with Crippen molar-refractivity contribution in [3.05, 3.63) is 40.2 Å². The first-order valence-corrected chi connectivity index (χ1v) is 7.26. The van der Waals surface area contributed by atoms with Crippen LogP contribution in [0.25, 0.3) is 11.3 Å². The lowest BCUT2D eigenvalue weighted by Crippen LogP contribution is -2.26. The third-order valence-electron chi connectivity index (χ3n) is 3.61. The van der Waals surface area contributed by atoms with Crippen molar-refractivity contribution in [2.24, 2.45) is 0 Å². The number of hydrogen-bond acceptors (Lipinski definition) is 2. The van der Waals surface area contributed by atoms with Gasteiger partial charge in [0.1, 0.15) is 11.5 Å². The Morgan fingerprint density at radius 1 is 1.21 bits per heavy atom. The van der Waals surface area contributed by atoms with E-state index in [9.17, 15) is 4.39 Å². The highest BCUT2D eigenvalue weighted by Gasteiger charge is 2.23. The molecular formula is C14H15BrFN3. The van der Waals surface area contributed by atoms with Gasteiger partial charge in [0.2, 0.25) is 0 Å². The summed E-state index contributed by atoms with van der Waals surface area (Å²) in [5, 5.41) is 10.7. The molecule has 0 spiro atoms. The zero-order chi connectivity index (χ0) is 13.2. The standard InChI is InChI=1S/C14H15BrFN3/c15-12-13(9-5-7-17-8-6-9)18-19-14(12)10-3-1-2-4-11(10)16/h1-4,9,17H,5-8H2,(H,18,19). The Hall–Kier alpha value is -1.20. The van der Waals surface area contributed by atoms with E-state index in [1.165, 1.54) is 6.07 Å². The summed E-state index contributed by atoms with van der Waals surface area (Å²) < 4.78 is 14.7. The molecule has 19 heavy (non-hydrogen) atoms. The summed E-state index contributed by atoms with van der Waals surface area (Å²) in [6, 6.07) is 6.72. The Bertz CT molecular complexity index is 576. The van der Waals surface area contributed by atoms with Gasteiger partial charge in [-0.25, -0.2) is 4.39 Å². The van der Waals surface area contributed by atoms with Gasteiger partial charge in [0.05, 0.1) is 10.2 Å². The lowest BCUT2D eigenvalue weighted by atomic mass is 9.94. The Morgan fingerprint density at radius 2 is 1.95 bits per heavy atom. The van der Waals surface area contributed by atoms with Crippen LogP contribution in [-0.2, 0) is 0 Å². The fraction of sp³-hybridized carbons (Fsp3) is 0.357. The van der Waals surface area contributed by atoms with Crippen LogP contribution in [0.2, 0.25) is 0 Å². The lowest BCUT2D eigenvalue weighted by Gasteiger charge is -2.21. The van der Waals surface area contributed by atoms with E-state index in [1.54, 1.807) is 12.1 Å². The molecule has 1 saturated heterocycles. The van der Waals surface area contributed by atoms with Gasteiger partial charge in [-0.2, -0.15) is 5.10 Å². The second-order valence-corrected chi connectivity index (χ2v) is 5.60. The monoisotopic (exact) mass is 323 g/mol. The maximum Gasteiger partial charge on any atom is 0.132 e. The number of aromatic amines is 1. The average molecular weight is 324 g/mol. The molecule has 100 valence electrons. The molecule has 0 atom stereocenters. The molecule has 0 unspecified atom stereocenters. The van der Waals surface area contributed by atoms with Gasteiger partial charge >= 0.3 is 0 Å². The number of hydrogen-bond donors (Lipinski definition) is 2. The highest BCUT2D eigenvalue weighted by Crippen LogP contribution is 2.36. The van der Waals surface area contributed by atoms with Crippen LogP contribution in [0.4, 0.5) is 4.39 Å². The van der Waals surface area contributed by atoms with Gasteiger partial charge in [-0.15, -0.1) is 0 Å². The van der Waals surface area contributed by atoms with Crippen molar-refractivity contribution in [1.82, 2.24) is 15.5 Å². The second kappa shape index (κ2) is 5.43. The van der Waals surface area contributed by atoms with Crippen LogP contribution in [0.1, 0.15) is 24.5 Å². The number of nitrogens with one attached hydrogen (secondary N) is 2. The number of benzene rings is 1. The maximum atomic E-state index is 13.8. The number of rotatable bonds is 2. The number of piperidine rings is 1. The van der Waals surface area contributed by atoms with Gasteiger partial charge in [0.25, 0.3) is 0 Å². The molecule has 1 aromatic carbocycles. The van der Waals surface area contributed by atoms with Crippen molar-refractivity contribution in [1.29, 1.82) is 0 Å². The van der Waals surface area contributed by atoms with Gasteiger partial charge in [-0.05, 0) is 54.0 Å². The van der Waals surface area contributed by atoms with Gasteiger partial charge in [0.15, 0.2) is 0 Å².